The second kappa shape index (κ2) is 9.78. The molecule has 7 nitrogen and oxygen atoms in total. The number of amides is 2. The zero-order valence-corrected chi connectivity index (χ0v) is 18.6. The van der Waals surface area contributed by atoms with Gasteiger partial charge in [0.25, 0.3) is 5.91 Å². The number of hydrogen-bond donors (Lipinski definition) is 1. The number of rotatable bonds is 6. The standard InChI is InChI=1S/C25H29N5O2/c1-19-5-3-6-23(20(19)2)27-24(31)18-28-13-15-29(16-14-28)25(32)22-9-7-21(8-10-22)17-30-12-4-11-26-30/h3-12H,13-18H2,1-2H3,(H,27,31). The molecular formula is C25H29N5O2. The minimum atomic E-state index is -0.0220. The average Bonchev–Trinajstić information content (AvgIpc) is 3.30. The van der Waals surface area contributed by atoms with Gasteiger partial charge in [0.1, 0.15) is 0 Å². The van der Waals surface area contributed by atoms with Crippen LogP contribution in [0, 0.1) is 13.8 Å². The van der Waals surface area contributed by atoms with Crippen LogP contribution in [-0.2, 0) is 11.3 Å². The average molecular weight is 432 g/mol. The number of benzene rings is 2. The van der Waals surface area contributed by atoms with E-state index in [1.165, 1.54) is 0 Å². The summed E-state index contributed by atoms with van der Waals surface area (Å²) < 4.78 is 1.85. The number of carbonyl (C=O) groups is 2. The maximum Gasteiger partial charge on any atom is 0.253 e. The number of carbonyl (C=O) groups excluding carboxylic acids is 2. The van der Waals surface area contributed by atoms with Crippen molar-refractivity contribution in [2.24, 2.45) is 0 Å². The van der Waals surface area contributed by atoms with Crippen LogP contribution in [0.4, 0.5) is 5.69 Å². The molecule has 1 aliphatic rings. The van der Waals surface area contributed by atoms with Gasteiger partial charge in [0.2, 0.25) is 5.91 Å². The number of hydrogen-bond acceptors (Lipinski definition) is 4. The van der Waals surface area contributed by atoms with Crippen LogP contribution in [0.25, 0.3) is 0 Å². The van der Waals surface area contributed by atoms with E-state index in [0.717, 1.165) is 22.4 Å². The van der Waals surface area contributed by atoms with E-state index in [1.807, 2.05) is 78.2 Å². The highest BCUT2D eigenvalue weighted by molar-refractivity contribution is 5.94. The van der Waals surface area contributed by atoms with Gasteiger partial charge in [-0.15, -0.1) is 0 Å². The third kappa shape index (κ3) is 5.23. The lowest BCUT2D eigenvalue weighted by Gasteiger charge is -2.34. The van der Waals surface area contributed by atoms with Crippen LogP contribution in [0.1, 0.15) is 27.0 Å². The first-order valence-electron chi connectivity index (χ1n) is 10.9. The number of aryl methyl sites for hydroxylation is 1. The number of piperazine rings is 1. The Hall–Kier alpha value is -3.45. The van der Waals surface area contributed by atoms with Crippen LogP contribution in [-0.4, -0.2) is 64.1 Å². The molecule has 2 aromatic carbocycles. The quantitative estimate of drug-likeness (QED) is 0.652. The molecule has 4 rings (SSSR count). The van der Waals surface area contributed by atoms with Gasteiger partial charge in [0, 0.05) is 49.8 Å². The molecule has 166 valence electrons. The molecule has 0 bridgehead atoms. The Kier molecular flexibility index (Phi) is 6.66. The predicted molar refractivity (Wildman–Crippen MR) is 125 cm³/mol. The van der Waals surface area contributed by atoms with Crippen molar-refractivity contribution in [3.05, 3.63) is 83.2 Å². The van der Waals surface area contributed by atoms with Gasteiger partial charge < -0.3 is 10.2 Å². The fourth-order valence-corrected chi connectivity index (χ4v) is 3.90. The maximum atomic E-state index is 12.9. The van der Waals surface area contributed by atoms with Gasteiger partial charge in [-0.3, -0.25) is 19.2 Å². The Morgan fingerprint density at radius 2 is 1.72 bits per heavy atom. The van der Waals surface area contributed by atoms with Crippen molar-refractivity contribution in [3.63, 3.8) is 0 Å². The molecule has 32 heavy (non-hydrogen) atoms. The summed E-state index contributed by atoms with van der Waals surface area (Å²) in [7, 11) is 0. The van der Waals surface area contributed by atoms with Gasteiger partial charge in [-0.05, 0) is 54.8 Å². The molecular weight excluding hydrogens is 402 g/mol. The van der Waals surface area contributed by atoms with Crippen molar-refractivity contribution in [3.8, 4) is 0 Å². The molecule has 0 unspecified atom stereocenters. The minimum Gasteiger partial charge on any atom is -0.336 e. The smallest absolute Gasteiger partial charge is 0.253 e. The van der Waals surface area contributed by atoms with E-state index in [9.17, 15) is 9.59 Å². The summed E-state index contributed by atoms with van der Waals surface area (Å²) in [5.41, 5.74) is 4.90. The second-order valence-electron chi connectivity index (χ2n) is 8.26. The van der Waals surface area contributed by atoms with Gasteiger partial charge in [0.15, 0.2) is 0 Å². The summed E-state index contributed by atoms with van der Waals surface area (Å²) >= 11 is 0. The van der Waals surface area contributed by atoms with Crippen LogP contribution in [0.5, 0.6) is 0 Å². The van der Waals surface area contributed by atoms with Crippen molar-refractivity contribution >= 4 is 17.5 Å². The lowest BCUT2D eigenvalue weighted by Crippen LogP contribution is -2.50. The van der Waals surface area contributed by atoms with E-state index in [2.05, 4.69) is 15.3 Å². The number of aromatic nitrogens is 2. The normalized spacial score (nSPS) is 14.4. The van der Waals surface area contributed by atoms with Gasteiger partial charge in [-0.1, -0.05) is 24.3 Å². The summed E-state index contributed by atoms with van der Waals surface area (Å²) in [5, 5.41) is 7.22. The second-order valence-corrected chi connectivity index (χ2v) is 8.26. The lowest BCUT2D eigenvalue weighted by molar-refractivity contribution is -0.117. The number of nitrogens with one attached hydrogen (secondary N) is 1. The highest BCUT2D eigenvalue weighted by atomic mass is 16.2. The fourth-order valence-electron chi connectivity index (χ4n) is 3.90. The van der Waals surface area contributed by atoms with Crippen molar-refractivity contribution in [2.75, 3.05) is 38.0 Å². The zero-order valence-electron chi connectivity index (χ0n) is 18.6. The summed E-state index contributed by atoms with van der Waals surface area (Å²) in [4.78, 5) is 29.3. The van der Waals surface area contributed by atoms with Crippen molar-refractivity contribution < 1.29 is 9.59 Å². The van der Waals surface area contributed by atoms with Crippen LogP contribution in [0.3, 0.4) is 0 Å². The van der Waals surface area contributed by atoms with Crippen LogP contribution >= 0.6 is 0 Å². The Labute approximate surface area is 188 Å². The maximum absolute atomic E-state index is 12.9. The van der Waals surface area contributed by atoms with E-state index in [0.29, 0.717) is 44.8 Å². The number of nitrogens with zero attached hydrogens (tertiary/aromatic N) is 4. The lowest BCUT2D eigenvalue weighted by atomic mass is 10.1. The van der Waals surface area contributed by atoms with E-state index >= 15 is 0 Å². The molecule has 0 spiro atoms. The minimum absolute atomic E-state index is 0.0220. The van der Waals surface area contributed by atoms with E-state index < -0.39 is 0 Å². The molecule has 1 aromatic heterocycles. The molecule has 7 heteroatoms. The van der Waals surface area contributed by atoms with Crippen LogP contribution in [0.2, 0.25) is 0 Å². The largest absolute Gasteiger partial charge is 0.336 e. The Morgan fingerprint density at radius 1 is 0.969 bits per heavy atom. The van der Waals surface area contributed by atoms with Crippen LogP contribution in [0.15, 0.2) is 60.9 Å². The van der Waals surface area contributed by atoms with Gasteiger partial charge in [0.05, 0.1) is 13.1 Å². The van der Waals surface area contributed by atoms with Gasteiger partial charge in [-0.25, -0.2) is 0 Å². The first kappa shape index (κ1) is 21.8. The van der Waals surface area contributed by atoms with Crippen molar-refractivity contribution in [2.45, 2.75) is 20.4 Å². The summed E-state index contributed by atoms with van der Waals surface area (Å²) in [6.45, 7) is 7.66. The molecule has 0 saturated carbocycles. The van der Waals surface area contributed by atoms with E-state index in [4.69, 9.17) is 0 Å². The van der Waals surface area contributed by atoms with Gasteiger partial charge in [-0.2, -0.15) is 5.10 Å². The Bertz CT molecular complexity index is 1070. The zero-order chi connectivity index (χ0) is 22.5. The molecule has 2 amide bonds. The molecule has 1 saturated heterocycles. The predicted octanol–water partition coefficient (Wildman–Crippen LogP) is 2.94. The summed E-state index contributed by atoms with van der Waals surface area (Å²) in [6.07, 6.45) is 3.67. The SMILES string of the molecule is Cc1cccc(NC(=O)CN2CCN(C(=O)c3ccc(Cn4cccn4)cc3)CC2)c1C. The molecule has 2 heterocycles. The van der Waals surface area contributed by atoms with Crippen molar-refractivity contribution in [1.82, 2.24) is 19.6 Å². The third-order valence-electron chi connectivity index (χ3n) is 6.01. The molecule has 1 fully saturated rings. The third-order valence-corrected chi connectivity index (χ3v) is 6.01. The Balaban J connectivity index is 1.26. The van der Waals surface area contributed by atoms with E-state index in [1.54, 1.807) is 6.20 Å². The Morgan fingerprint density at radius 3 is 2.41 bits per heavy atom. The summed E-state index contributed by atoms with van der Waals surface area (Å²) in [5.74, 6) is 0.0152. The highest BCUT2D eigenvalue weighted by Gasteiger charge is 2.23. The molecule has 0 radical (unpaired) electrons. The molecule has 1 N–H and O–H groups in total. The number of anilines is 1. The topological polar surface area (TPSA) is 70.5 Å². The van der Waals surface area contributed by atoms with Crippen LogP contribution < -0.4 is 5.32 Å². The monoisotopic (exact) mass is 431 g/mol. The molecule has 0 aliphatic carbocycles. The molecule has 0 atom stereocenters. The molecule has 1 aliphatic heterocycles. The molecule has 3 aromatic rings. The van der Waals surface area contributed by atoms with Gasteiger partial charge >= 0.3 is 0 Å². The highest BCUT2D eigenvalue weighted by Crippen LogP contribution is 2.18. The first-order valence-corrected chi connectivity index (χ1v) is 10.9. The summed E-state index contributed by atoms with van der Waals surface area (Å²) in [6, 6.07) is 15.5. The van der Waals surface area contributed by atoms with Crippen molar-refractivity contribution in [1.29, 1.82) is 0 Å². The van der Waals surface area contributed by atoms with E-state index in [-0.39, 0.29) is 11.8 Å². The first-order chi connectivity index (χ1) is 15.5. The fraction of sp³-hybridized carbons (Fsp3) is 0.320.